The van der Waals surface area contributed by atoms with E-state index in [1.54, 1.807) is 24.3 Å². The van der Waals surface area contributed by atoms with Crippen LogP contribution in [0.15, 0.2) is 51.7 Å². The van der Waals surface area contributed by atoms with Crippen LogP contribution in [0.2, 0.25) is 0 Å². The second kappa shape index (κ2) is 6.91. The van der Waals surface area contributed by atoms with E-state index in [1.807, 2.05) is 0 Å². The first-order valence-electron chi connectivity index (χ1n) is 9.72. The first-order chi connectivity index (χ1) is 14.8. The second-order valence-electron chi connectivity index (χ2n) is 7.76. The normalized spacial score (nSPS) is 22.1. The number of carbonyl (C=O) groups is 1. The van der Waals surface area contributed by atoms with Crippen molar-refractivity contribution in [2.24, 2.45) is 0 Å². The number of rotatable bonds is 3. The lowest BCUT2D eigenvalue weighted by atomic mass is 9.97. The van der Waals surface area contributed by atoms with E-state index < -0.39 is 39.1 Å². The van der Waals surface area contributed by atoms with Crippen molar-refractivity contribution in [1.82, 2.24) is 4.90 Å². The van der Waals surface area contributed by atoms with Gasteiger partial charge in [-0.25, -0.2) is 12.8 Å². The number of ether oxygens (including phenoxy) is 1. The maximum Gasteiger partial charge on any atom is 0.291 e. The predicted molar refractivity (Wildman–Crippen MR) is 111 cm³/mol. The van der Waals surface area contributed by atoms with Gasteiger partial charge in [0.2, 0.25) is 5.76 Å². The highest BCUT2D eigenvalue weighted by atomic mass is 32.2. The molecule has 2 aliphatic heterocycles. The Balaban J connectivity index is 1.75. The van der Waals surface area contributed by atoms with Gasteiger partial charge < -0.3 is 14.1 Å². The molecule has 0 spiro atoms. The van der Waals surface area contributed by atoms with Crippen molar-refractivity contribution in [2.75, 3.05) is 18.6 Å². The molecule has 1 saturated heterocycles. The molecule has 0 saturated carbocycles. The molecule has 2 unspecified atom stereocenters. The minimum absolute atomic E-state index is 0.0261. The predicted octanol–water partition coefficient (Wildman–Crippen LogP) is 2.67. The molecule has 0 bridgehead atoms. The summed E-state index contributed by atoms with van der Waals surface area (Å²) < 4.78 is 49.0. The molecular weight excluding hydrogens is 425 g/mol. The molecule has 1 aromatic heterocycles. The van der Waals surface area contributed by atoms with Gasteiger partial charge in [-0.3, -0.25) is 9.59 Å². The molecule has 160 valence electrons. The fourth-order valence-electron chi connectivity index (χ4n) is 4.45. The number of benzene rings is 2. The zero-order chi connectivity index (χ0) is 21.9. The number of fused-ring (bicyclic) bond motifs is 2. The fourth-order valence-corrected chi connectivity index (χ4v) is 6.16. The Morgan fingerprint density at radius 3 is 2.52 bits per heavy atom. The molecule has 1 fully saturated rings. The fraction of sp³-hybridized carbons (Fsp3) is 0.273. The third-order valence-corrected chi connectivity index (χ3v) is 7.65. The molecular formula is C22H18FNO6S. The van der Waals surface area contributed by atoms with Gasteiger partial charge in [0.1, 0.15) is 17.1 Å². The summed E-state index contributed by atoms with van der Waals surface area (Å²) in [5.41, 5.74) is 0.305. The van der Waals surface area contributed by atoms with E-state index in [4.69, 9.17) is 9.15 Å². The molecule has 31 heavy (non-hydrogen) atoms. The summed E-state index contributed by atoms with van der Waals surface area (Å²) in [6.45, 7) is 0. The highest BCUT2D eigenvalue weighted by molar-refractivity contribution is 7.91. The highest BCUT2D eigenvalue weighted by Gasteiger charge is 2.48. The summed E-state index contributed by atoms with van der Waals surface area (Å²) >= 11 is 0. The van der Waals surface area contributed by atoms with Crippen LogP contribution in [0.25, 0.3) is 11.0 Å². The lowest BCUT2D eigenvalue weighted by molar-refractivity contribution is 0.0662. The molecule has 3 heterocycles. The lowest BCUT2D eigenvalue weighted by Crippen LogP contribution is -2.40. The van der Waals surface area contributed by atoms with Gasteiger partial charge in [-0.2, -0.15) is 0 Å². The van der Waals surface area contributed by atoms with Crippen LogP contribution >= 0.6 is 0 Å². The van der Waals surface area contributed by atoms with Gasteiger partial charge in [0.15, 0.2) is 15.3 Å². The van der Waals surface area contributed by atoms with Crippen LogP contribution in [0.1, 0.15) is 34.1 Å². The minimum Gasteiger partial charge on any atom is -0.497 e. The van der Waals surface area contributed by atoms with Gasteiger partial charge >= 0.3 is 0 Å². The summed E-state index contributed by atoms with van der Waals surface area (Å²) in [6, 6.07) is 8.95. The SMILES string of the molecule is COc1ccc(C2c3c(oc4ccc(F)cc4c3=O)C(=O)N2C2CCS(=O)(=O)C2)cc1. The number of hydrogen-bond acceptors (Lipinski definition) is 6. The van der Waals surface area contributed by atoms with Crippen molar-refractivity contribution < 1.29 is 26.8 Å². The third kappa shape index (κ3) is 3.11. The van der Waals surface area contributed by atoms with Crippen molar-refractivity contribution in [1.29, 1.82) is 0 Å². The quantitative estimate of drug-likeness (QED) is 0.618. The van der Waals surface area contributed by atoms with E-state index in [2.05, 4.69) is 0 Å². The van der Waals surface area contributed by atoms with Crippen LogP contribution in [-0.4, -0.2) is 43.9 Å². The summed E-state index contributed by atoms with van der Waals surface area (Å²) in [5, 5.41) is 0.0333. The number of hydrogen-bond donors (Lipinski definition) is 0. The van der Waals surface area contributed by atoms with Crippen molar-refractivity contribution >= 4 is 26.7 Å². The Kier molecular flexibility index (Phi) is 4.40. The molecule has 7 nitrogen and oxygen atoms in total. The third-order valence-electron chi connectivity index (χ3n) is 5.90. The molecule has 0 radical (unpaired) electrons. The smallest absolute Gasteiger partial charge is 0.291 e. The first kappa shape index (κ1) is 19.7. The maximum atomic E-state index is 13.8. The van der Waals surface area contributed by atoms with E-state index >= 15 is 0 Å². The Bertz CT molecular complexity index is 1380. The molecule has 2 aliphatic rings. The van der Waals surface area contributed by atoms with E-state index in [0.717, 1.165) is 12.1 Å². The van der Waals surface area contributed by atoms with Crippen LogP contribution in [0.5, 0.6) is 5.75 Å². The molecule has 5 rings (SSSR count). The summed E-state index contributed by atoms with van der Waals surface area (Å²) in [4.78, 5) is 28.2. The average Bonchev–Trinajstić information content (AvgIpc) is 3.25. The zero-order valence-corrected chi connectivity index (χ0v) is 17.3. The van der Waals surface area contributed by atoms with Crippen LogP contribution in [-0.2, 0) is 9.84 Å². The van der Waals surface area contributed by atoms with Crippen LogP contribution in [0.3, 0.4) is 0 Å². The number of methoxy groups -OCH3 is 1. The van der Waals surface area contributed by atoms with Crippen LogP contribution < -0.4 is 10.2 Å². The number of sulfone groups is 1. The molecule has 3 aromatic rings. The van der Waals surface area contributed by atoms with E-state index in [9.17, 15) is 22.4 Å². The topological polar surface area (TPSA) is 93.9 Å². The van der Waals surface area contributed by atoms with E-state index in [-0.39, 0.29) is 40.2 Å². The molecule has 0 N–H and O–H groups in total. The lowest BCUT2D eigenvalue weighted by Gasteiger charge is -2.30. The van der Waals surface area contributed by atoms with Crippen molar-refractivity contribution in [3.05, 3.63) is 75.4 Å². The maximum absolute atomic E-state index is 13.8. The molecule has 2 atom stereocenters. The minimum atomic E-state index is -3.29. The summed E-state index contributed by atoms with van der Waals surface area (Å²) in [5.74, 6) is -0.876. The Morgan fingerprint density at radius 2 is 1.87 bits per heavy atom. The zero-order valence-electron chi connectivity index (χ0n) is 16.5. The summed E-state index contributed by atoms with van der Waals surface area (Å²) in [6.07, 6.45) is 0.275. The standard InChI is InChI=1S/C22H18FNO6S/c1-29-15-5-2-12(3-6-15)19-18-20(25)16-10-13(23)4-7-17(16)30-21(18)22(26)24(19)14-8-9-31(27,28)11-14/h2-7,10,14,19H,8-9,11H2,1H3. The second-order valence-corrected chi connectivity index (χ2v) is 9.99. The Hall–Kier alpha value is -3.20. The molecule has 0 aliphatic carbocycles. The summed E-state index contributed by atoms with van der Waals surface area (Å²) in [7, 11) is -1.76. The molecule has 2 aromatic carbocycles. The van der Waals surface area contributed by atoms with Gasteiger partial charge in [0.05, 0.1) is 35.6 Å². The van der Waals surface area contributed by atoms with Crippen LogP contribution in [0, 0.1) is 5.82 Å². The van der Waals surface area contributed by atoms with Gasteiger partial charge in [0, 0.05) is 6.04 Å². The number of amides is 1. The van der Waals surface area contributed by atoms with Gasteiger partial charge in [0.25, 0.3) is 5.91 Å². The van der Waals surface area contributed by atoms with Crippen molar-refractivity contribution in [2.45, 2.75) is 18.5 Å². The van der Waals surface area contributed by atoms with Crippen molar-refractivity contribution in [3.8, 4) is 5.75 Å². The Morgan fingerprint density at radius 1 is 1.13 bits per heavy atom. The first-order valence-corrected chi connectivity index (χ1v) is 11.5. The number of nitrogens with zero attached hydrogens (tertiary/aromatic N) is 1. The molecule has 1 amide bonds. The van der Waals surface area contributed by atoms with Gasteiger partial charge in [-0.05, 0) is 42.3 Å². The van der Waals surface area contributed by atoms with E-state index in [1.165, 1.54) is 18.1 Å². The van der Waals surface area contributed by atoms with Gasteiger partial charge in [-0.1, -0.05) is 12.1 Å². The Labute approximate surface area is 177 Å². The highest BCUT2D eigenvalue weighted by Crippen LogP contribution is 2.41. The molecule has 9 heteroatoms. The number of halogens is 1. The van der Waals surface area contributed by atoms with Crippen LogP contribution in [0.4, 0.5) is 4.39 Å². The average molecular weight is 443 g/mol. The van der Waals surface area contributed by atoms with Gasteiger partial charge in [-0.15, -0.1) is 0 Å². The largest absolute Gasteiger partial charge is 0.497 e. The number of carbonyl (C=O) groups excluding carboxylic acids is 1. The monoisotopic (exact) mass is 443 g/mol. The van der Waals surface area contributed by atoms with Crippen molar-refractivity contribution in [3.63, 3.8) is 0 Å². The van der Waals surface area contributed by atoms with E-state index in [0.29, 0.717) is 11.3 Å².